The SMILES string of the molecule is CCCCCCCCCCCCCCCC[N+](C)(C)CC[N+](C)(C)CCCCCCCC.[Br-].[Br-]. The summed E-state index contributed by atoms with van der Waals surface area (Å²) in [7, 11) is 9.79. The van der Waals surface area contributed by atoms with Crippen molar-refractivity contribution in [1.29, 1.82) is 0 Å². The lowest BCUT2D eigenvalue weighted by atomic mass is 10.0. The second-order valence-corrected chi connectivity index (χ2v) is 12.1. The van der Waals surface area contributed by atoms with Gasteiger partial charge in [0, 0.05) is 0 Å². The standard InChI is InChI=1S/C30H66N2.2BrH/c1-7-9-11-13-15-16-17-18-19-20-21-22-24-26-28-32(5,6)30-29-31(3,4)27-25-23-14-12-10-8-2;;/h7-30H2,1-6H3;2*1H/q+2;;/p-2. The van der Waals surface area contributed by atoms with Gasteiger partial charge in [0.05, 0.1) is 41.3 Å². The number of likely N-dealkylation sites (N-methyl/N-ethyl adjacent to an activating group) is 2. The Bertz CT molecular complexity index is 386. The van der Waals surface area contributed by atoms with Crippen molar-refractivity contribution in [2.45, 2.75) is 142 Å². The number of rotatable bonds is 25. The quantitative estimate of drug-likeness (QED) is 0.110. The molecule has 0 aliphatic rings. The van der Waals surface area contributed by atoms with Gasteiger partial charge in [-0.3, -0.25) is 0 Å². The van der Waals surface area contributed by atoms with E-state index in [4.69, 9.17) is 0 Å². The summed E-state index contributed by atoms with van der Waals surface area (Å²) < 4.78 is 2.41. The predicted octanol–water partition coefficient (Wildman–Crippen LogP) is 2.99. The maximum Gasteiger partial charge on any atom is 0.128 e. The molecule has 0 spiro atoms. The number of hydrogen-bond acceptors (Lipinski definition) is 0. The molecule has 0 unspecified atom stereocenters. The Morgan fingerprint density at radius 1 is 0.294 bits per heavy atom. The Kier molecular flexibility index (Phi) is 31.2. The van der Waals surface area contributed by atoms with Crippen molar-refractivity contribution >= 4 is 0 Å². The van der Waals surface area contributed by atoms with Gasteiger partial charge in [0.2, 0.25) is 0 Å². The van der Waals surface area contributed by atoms with Crippen LogP contribution in [-0.4, -0.2) is 63.3 Å². The Morgan fingerprint density at radius 2 is 0.500 bits per heavy atom. The zero-order valence-corrected chi connectivity index (χ0v) is 27.8. The lowest BCUT2D eigenvalue weighted by Gasteiger charge is -2.36. The molecule has 0 aromatic rings. The van der Waals surface area contributed by atoms with E-state index in [9.17, 15) is 0 Å². The first-order valence-corrected chi connectivity index (χ1v) is 15.0. The van der Waals surface area contributed by atoms with Crippen LogP contribution in [0.1, 0.15) is 142 Å². The van der Waals surface area contributed by atoms with E-state index >= 15 is 0 Å². The second-order valence-electron chi connectivity index (χ2n) is 12.1. The number of hydrogen-bond donors (Lipinski definition) is 0. The lowest BCUT2D eigenvalue weighted by molar-refractivity contribution is -0.946. The van der Waals surface area contributed by atoms with Crippen LogP contribution >= 0.6 is 0 Å². The average molecular weight is 615 g/mol. The predicted molar refractivity (Wildman–Crippen MR) is 147 cm³/mol. The van der Waals surface area contributed by atoms with Crippen LogP contribution in [0.25, 0.3) is 0 Å². The molecule has 0 amide bonds. The largest absolute Gasteiger partial charge is 1.00 e. The fourth-order valence-corrected chi connectivity index (χ4v) is 4.82. The first-order valence-electron chi connectivity index (χ1n) is 15.0. The monoisotopic (exact) mass is 612 g/mol. The summed E-state index contributed by atoms with van der Waals surface area (Å²) in [5, 5.41) is 0. The van der Waals surface area contributed by atoms with Crippen LogP contribution in [-0.2, 0) is 0 Å². The Balaban J connectivity index is -0.00000480. The first kappa shape index (κ1) is 39.4. The van der Waals surface area contributed by atoms with Gasteiger partial charge in [0.15, 0.2) is 0 Å². The van der Waals surface area contributed by atoms with E-state index in [0.29, 0.717) is 0 Å². The van der Waals surface area contributed by atoms with Crippen molar-refractivity contribution in [2.75, 3.05) is 54.4 Å². The van der Waals surface area contributed by atoms with Crippen molar-refractivity contribution in [1.82, 2.24) is 0 Å². The zero-order valence-electron chi connectivity index (χ0n) is 24.6. The number of halogens is 2. The molecule has 0 saturated heterocycles. The van der Waals surface area contributed by atoms with Crippen molar-refractivity contribution in [2.24, 2.45) is 0 Å². The van der Waals surface area contributed by atoms with Crippen LogP contribution in [0.4, 0.5) is 0 Å². The van der Waals surface area contributed by atoms with E-state index in [1.165, 1.54) is 164 Å². The van der Waals surface area contributed by atoms with Gasteiger partial charge in [-0.25, -0.2) is 0 Å². The Labute approximate surface area is 238 Å². The van der Waals surface area contributed by atoms with Crippen LogP contribution < -0.4 is 34.0 Å². The third-order valence-corrected chi connectivity index (χ3v) is 7.54. The van der Waals surface area contributed by atoms with Gasteiger partial charge in [0.1, 0.15) is 13.1 Å². The molecule has 210 valence electrons. The number of nitrogens with zero attached hydrogens (tertiary/aromatic N) is 2. The van der Waals surface area contributed by atoms with Crippen LogP contribution in [0.5, 0.6) is 0 Å². The molecule has 0 bridgehead atoms. The first-order chi connectivity index (χ1) is 15.3. The fourth-order valence-electron chi connectivity index (χ4n) is 4.82. The van der Waals surface area contributed by atoms with Crippen LogP contribution in [0.15, 0.2) is 0 Å². The van der Waals surface area contributed by atoms with E-state index in [1.54, 1.807) is 0 Å². The maximum atomic E-state index is 2.45. The summed E-state index contributed by atoms with van der Waals surface area (Å²) >= 11 is 0. The van der Waals surface area contributed by atoms with Crippen molar-refractivity contribution in [3.05, 3.63) is 0 Å². The second kappa shape index (κ2) is 26.9. The third kappa shape index (κ3) is 29.1. The Morgan fingerprint density at radius 3 is 0.735 bits per heavy atom. The molecular formula is C30H66Br2N2. The number of unbranched alkanes of at least 4 members (excludes halogenated alkanes) is 18. The van der Waals surface area contributed by atoms with E-state index in [2.05, 4.69) is 42.0 Å². The molecule has 0 radical (unpaired) electrons. The normalized spacial score (nSPS) is 11.8. The van der Waals surface area contributed by atoms with Gasteiger partial charge in [-0.15, -0.1) is 0 Å². The van der Waals surface area contributed by atoms with E-state index in [-0.39, 0.29) is 34.0 Å². The molecule has 34 heavy (non-hydrogen) atoms. The zero-order chi connectivity index (χ0) is 24.0. The molecule has 0 heterocycles. The molecule has 0 aliphatic heterocycles. The van der Waals surface area contributed by atoms with Crippen LogP contribution in [0, 0.1) is 0 Å². The molecule has 4 heteroatoms. The minimum Gasteiger partial charge on any atom is -1.00 e. The summed E-state index contributed by atoms with van der Waals surface area (Å²) in [5.74, 6) is 0. The average Bonchev–Trinajstić information content (AvgIpc) is 2.75. The number of quaternary nitrogens is 2. The third-order valence-electron chi connectivity index (χ3n) is 7.54. The molecule has 0 saturated carbocycles. The van der Waals surface area contributed by atoms with Crippen LogP contribution in [0.2, 0.25) is 0 Å². The minimum absolute atomic E-state index is 0. The highest BCUT2D eigenvalue weighted by Gasteiger charge is 2.22. The van der Waals surface area contributed by atoms with Gasteiger partial charge in [-0.05, 0) is 25.7 Å². The summed E-state index contributed by atoms with van der Waals surface area (Å²) in [6.45, 7) is 9.96. The smallest absolute Gasteiger partial charge is 0.128 e. The molecular weight excluding hydrogens is 548 g/mol. The van der Waals surface area contributed by atoms with Gasteiger partial charge < -0.3 is 42.9 Å². The summed E-state index contributed by atoms with van der Waals surface area (Å²) in [4.78, 5) is 0. The van der Waals surface area contributed by atoms with Crippen molar-refractivity contribution in [3.8, 4) is 0 Å². The molecule has 0 atom stereocenters. The Hall–Kier alpha value is 0.880. The minimum atomic E-state index is 0. The molecule has 0 aliphatic carbocycles. The van der Waals surface area contributed by atoms with Gasteiger partial charge in [-0.1, -0.05) is 117 Å². The highest BCUT2D eigenvalue weighted by molar-refractivity contribution is 4.50. The van der Waals surface area contributed by atoms with E-state index in [1.807, 2.05) is 0 Å². The van der Waals surface area contributed by atoms with Crippen molar-refractivity contribution < 1.29 is 42.9 Å². The highest BCUT2D eigenvalue weighted by atomic mass is 79.9. The fraction of sp³-hybridized carbons (Fsp3) is 1.00. The molecule has 0 rings (SSSR count). The van der Waals surface area contributed by atoms with E-state index in [0.717, 1.165) is 0 Å². The molecule has 0 aromatic carbocycles. The van der Waals surface area contributed by atoms with Gasteiger partial charge in [-0.2, -0.15) is 0 Å². The van der Waals surface area contributed by atoms with Crippen molar-refractivity contribution in [3.63, 3.8) is 0 Å². The highest BCUT2D eigenvalue weighted by Crippen LogP contribution is 2.14. The summed E-state index contributed by atoms with van der Waals surface area (Å²) in [6, 6.07) is 0. The van der Waals surface area contributed by atoms with E-state index < -0.39 is 0 Å². The topological polar surface area (TPSA) is 0 Å². The maximum absolute atomic E-state index is 2.45. The molecule has 0 aromatic heterocycles. The molecule has 2 nitrogen and oxygen atoms in total. The molecule has 0 N–H and O–H groups in total. The van der Waals surface area contributed by atoms with Gasteiger partial charge >= 0.3 is 0 Å². The molecule has 0 fully saturated rings. The van der Waals surface area contributed by atoms with Crippen LogP contribution in [0.3, 0.4) is 0 Å². The summed E-state index contributed by atoms with van der Waals surface area (Å²) in [6.07, 6.45) is 28.8. The summed E-state index contributed by atoms with van der Waals surface area (Å²) in [5.41, 5.74) is 0. The lowest BCUT2D eigenvalue weighted by Crippen LogP contribution is -3.00. The van der Waals surface area contributed by atoms with Gasteiger partial charge in [0.25, 0.3) is 0 Å².